The first-order chi connectivity index (χ1) is 8.18. The first kappa shape index (κ1) is 11.3. The number of nitrogens with zero attached hydrogens (tertiary/aromatic N) is 1. The van der Waals surface area contributed by atoms with E-state index in [1.807, 2.05) is 0 Å². The van der Waals surface area contributed by atoms with Gasteiger partial charge in [-0.25, -0.2) is 4.39 Å². The van der Waals surface area contributed by atoms with Gasteiger partial charge in [0.2, 0.25) is 0 Å². The van der Waals surface area contributed by atoms with Crippen LogP contribution in [-0.2, 0) is 9.59 Å². The Morgan fingerprint density at radius 2 is 1.76 bits per heavy atom. The molecule has 1 aromatic rings. The first-order valence-corrected chi connectivity index (χ1v) is 5.09. The van der Waals surface area contributed by atoms with Gasteiger partial charge in [0.25, 0.3) is 11.8 Å². The van der Waals surface area contributed by atoms with E-state index in [1.54, 1.807) is 12.1 Å². The summed E-state index contributed by atoms with van der Waals surface area (Å²) in [5.41, 5.74) is 0. The lowest BCUT2D eigenvalue weighted by molar-refractivity contribution is -0.137. The molecule has 0 saturated heterocycles. The van der Waals surface area contributed by atoms with Crippen LogP contribution in [0.4, 0.5) is 4.39 Å². The molecule has 0 bridgehead atoms. The minimum atomic E-state index is -0.468. The molecule has 88 valence electrons. The zero-order chi connectivity index (χ0) is 12.3. The maximum absolute atomic E-state index is 13.2. The average Bonchev–Trinajstić information content (AvgIpc) is 2.63. The van der Waals surface area contributed by atoms with Crippen LogP contribution < -0.4 is 4.74 Å². The van der Waals surface area contributed by atoms with Crippen molar-refractivity contribution in [2.75, 3.05) is 13.2 Å². The number of hydrogen-bond acceptors (Lipinski definition) is 3. The molecule has 0 aromatic heterocycles. The largest absolute Gasteiger partial charge is 0.489 e. The van der Waals surface area contributed by atoms with Crippen molar-refractivity contribution in [2.24, 2.45) is 0 Å². The van der Waals surface area contributed by atoms with E-state index in [9.17, 15) is 14.0 Å². The highest BCUT2D eigenvalue weighted by Crippen LogP contribution is 2.15. The molecule has 0 fully saturated rings. The summed E-state index contributed by atoms with van der Waals surface area (Å²) in [7, 11) is 0. The minimum Gasteiger partial charge on any atom is -0.489 e. The van der Waals surface area contributed by atoms with Gasteiger partial charge in [0, 0.05) is 12.2 Å². The number of imide groups is 1. The van der Waals surface area contributed by atoms with Gasteiger partial charge in [-0.3, -0.25) is 14.5 Å². The molecule has 0 unspecified atom stereocenters. The molecule has 1 aliphatic rings. The fourth-order valence-corrected chi connectivity index (χ4v) is 1.46. The highest BCUT2D eigenvalue weighted by atomic mass is 19.1. The van der Waals surface area contributed by atoms with Crippen LogP contribution in [0.2, 0.25) is 0 Å². The van der Waals surface area contributed by atoms with Gasteiger partial charge in [-0.1, -0.05) is 12.1 Å². The number of halogens is 1. The number of carbonyl (C=O) groups excluding carboxylic acids is 2. The van der Waals surface area contributed by atoms with Crippen molar-refractivity contribution in [1.29, 1.82) is 0 Å². The highest BCUT2D eigenvalue weighted by Gasteiger charge is 2.22. The maximum Gasteiger partial charge on any atom is 0.253 e. The third kappa shape index (κ3) is 2.50. The molecule has 1 aliphatic heterocycles. The first-order valence-electron chi connectivity index (χ1n) is 5.09. The Morgan fingerprint density at radius 1 is 1.12 bits per heavy atom. The molecule has 0 atom stereocenters. The molecular formula is C12H10FNO3. The van der Waals surface area contributed by atoms with E-state index in [-0.39, 0.29) is 30.7 Å². The van der Waals surface area contributed by atoms with E-state index >= 15 is 0 Å². The Morgan fingerprint density at radius 3 is 2.41 bits per heavy atom. The fourth-order valence-electron chi connectivity index (χ4n) is 1.46. The summed E-state index contributed by atoms with van der Waals surface area (Å²) in [5.74, 6) is -1.09. The topological polar surface area (TPSA) is 46.6 Å². The Kier molecular flexibility index (Phi) is 3.18. The van der Waals surface area contributed by atoms with E-state index in [4.69, 9.17) is 4.74 Å². The molecule has 0 aliphatic carbocycles. The molecule has 0 N–H and O–H groups in total. The van der Waals surface area contributed by atoms with E-state index in [1.165, 1.54) is 24.3 Å². The predicted octanol–water partition coefficient (Wildman–Crippen LogP) is 1.13. The van der Waals surface area contributed by atoms with Crippen molar-refractivity contribution >= 4 is 11.8 Å². The molecule has 1 heterocycles. The Bertz CT molecular complexity index is 466. The average molecular weight is 235 g/mol. The van der Waals surface area contributed by atoms with Crippen LogP contribution in [-0.4, -0.2) is 29.9 Å². The smallest absolute Gasteiger partial charge is 0.253 e. The van der Waals surface area contributed by atoms with Crippen molar-refractivity contribution in [3.05, 3.63) is 42.2 Å². The molecule has 4 nitrogen and oxygen atoms in total. The van der Waals surface area contributed by atoms with Crippen molar-refractivity contribution < 1.29 is 18.7 Å². The van der Waals surface area contributed by atoms with Gasteiger partial charge in [0.15, 0.2) is 11.6 Å². The van der Waals surface area contributed by atoms with Gasteiger partial charge in [0.1, 0.15) is 6.61 Å². The standard InChI is InChI=1S/C12H10FNO3/c13-9-3-1-2-4-10(9)17-8-7-14-11(15)5-6-12(14)16/h1-6H,7-8H2. The minimum absolute atomic E-state index is 0.0695. The van der Waals surface area contributed by atoms with Crippen molar-refractivity contribution in [2.45, 2.75) is 0 Å². The molecule has 0 spiro atoms. The summed E-state index contributed by atoms with van der Waals surface area (Å²) in [6.45, 7) is 0.180. The van der Waals surface area contributed by atoms with E-state index in [2.05, 4.69) is 0 Å². The lowest BCUT2D eigenvalue weighted by Gasteiger charge is -2.14. The number of amides is 2. The number of benzene rings is 1. The molecule has 5 heteroatoms. The van der Waals surface area contributed by atoms with Crippen molar-refractivity contribution in [3.63, 3.8) is 0 Å². The zero-order valence-corrected chi connectivity index (χ0v) is 8.93. The van der Waals surface area contributed by atoms with Gasteiger partial charge in [-0.15, -0.1) is 0 Å². The van der Waals surface area contributed by atoms with E-state index < -0.39 is 5.82 Å². The van der Waals surface area contributed by atoms with Crippen LogP contribution in [0.15, 0.2) is 36.4 Å². The molecule has 0 saturated carbocycles. The van der Waals surface area contributed by atoms with Gasteiger partial charge >= 0.3 is 0 Å². The summed E-state index contributed by atoms with van der Waals surface area (Å²) < 4.78 is 18.3. The maximum atomic E-state index is 13.2. The fraction of sp³-hybridized carbons (Fsp3) is 0.167. The quantitative estimate of drug-likeness (QED) is 0.735. The Hall–Kier alpha value is -2.17. The molecule has 0 radical (unpaired) electrons. The van der Waals surface area contributed by atoms with Gasteiger partial charge < -0.3 is 4.74 Å². The second-order valence-corrected chi connectivity index (χ2v) is 3.44. The summed E-state index contributed by atoms with van der Waals surface area (Å²) in [4.78, 5) is 23.4. The van der Waals surface area contributed by atoms with Crippen LogP contribution in [0.3, 0.4) is 0 Å². The number of rotatable bonds is 4. The van der Waals surface area contributed by atoms with Crippen LogP contribution in [0, 0.1) is 5.82 Å². The summed E-state index contributed by atoms with van der Waals surface area (Å²) in [6, 6.07) is 5.97. The van der Waals surface area contributed by atoms with E-state index in [0.29, 0.717) is 0 Å². The van der Waals surface area contributed by atoms with Crippen LogP contribution in [0.5, 0.6) is 5.75 Å². The van der Waals surface area contributed by atoms with Gasteiger partial charge in [-0.05, 0) is 12.1 Å². The number of hydrogen-bond donors (Lipinski definition) is 0. The number of carbonyl (C=O) groups is 2. The number of ether oxygens (including phenoxy) is 1. The van der Waals surface area contributed by atoms with Crippen LogP contribution in [0.25, 0.3) is 0 Å². The highest BCUT2D eigenvalue weighted by molar-refractivity contribution is 6.12. The Labute approximate surface area is 97.3 Å². The zero-order valence-electron chi connectivity index (χ0n) is 8.93. The predicted molar refractivity (Wildman–Crippen MR) is 57.8 cm³/mol. The summed E-state index contributed by atoms with van der Waals surface area (Å²) in [5, 5.41) is 0. The van der Waals surface area contributed by atoms with E-state index in [0.717, 1.165) is 4.90 Å². The molecule has 2 rings (SSSR count). The normalized spacial score (nSPS) is 14.5. The molecular weight excluding hydrogens is 225 g/mol. The van der Waals surface area contributed by atoms with Gasteiger partial charge in [-0.2, -0.15) is 0 Å². The van der Waals surface area contributed by atoms with Crippen molar-refractivity contribution in [3.8, 4) is 5.75 Å². The molecule has 2 amide bonds. The van der Waals surface area contributed by atoms with Crippen LogP contribution >= 0.6 is 0 Å². The van der Waals surface area contributed by atoms with Crippen molar-refractivity contribution in [1.82, 2.24) is 4.90 Å². The lowest BCUT2D eigenvalue weighted by Crippen LogP contribution is -2.33. The third-order valence-corrected chi connectivity index (χ3v) is 2.31. The van der Waals surface area contributed by atoms with Gasteiger partial charge in [0.05, 0.1) is 6.54 Å². The molecule has 1 aromatic carbocycles. The second-order valence-electron chi connectivity index (χ2n) is 3.44. The number of para-hydroxylation sites is 1. The second kappa shape index (κ2) is 4.78. The summed E-state index contributed by atoms with van der Waals surface area (Å²) in [6.07, 6.45) is 2.40. The SMILES string of the molecule is O=C1C=CC(=O)N1CCOc1ccccc1F. The lowest BCUT2D eigenvalue weighted by atomic mass is 10.3. The Balaban J connectivity index is 1.86. The summed E-state index contributed by atoms with van der Waals surface area (Å²) >= 11 is 0. The van der Waals surface area contributed by atoms with Crippen LogP contribution in [0.1, 0.15) is 0 Å². The monoisotopic (exact) mass is 235 g/mol. The third-order valence-electron chi connectivity index (χ3n) is 2.31. The molecule has 17 heavy (non-hydrogen) atoms.